The van der Waals surface area contributed by atoms with E-state index in [-0.39, 0.29) is 17.2 Å². The fourth-order valence-electron chi connectivity index (χ4n) is 4.31. The van der Waals surface area contributed by atoms with Crippen LogP contribution in [0, 0.1) is 83.1 Å². The number of carbonyl (C=O) groups excluding carboxylic acids is 1. The summed E-state index contributed by atoms with van der Waals surface area (Å²) in [6.07, 6.45) is 0. The second-order valence-electron chi connectivity index (χ2n) is 11.0. The van der Waals surface area contributed by atoms with Crippen molar-refractivity contribution < 1.29 is 19.8 Å². The molecule has 0 bridgehead atoms. The smallest absolute Gasteiger partial charge is 0.354 e. The molecule has 0 saturated carbocycles. The Morgan fingerprint density at radius 2 is 1.00 bits per heavy atom. The van der Waals surface area contributed by atoms with E-state index in [1.165, 1.54) is 58.4 Å². The minimum atomic E-state index is -0.955. The summed E-state index contributed by atoms with van der Waals surface area (Å²) in [4.78, 5) is 30.1. The first kappa shape index (κ1) is 35.2. The number of nitrogens with zero attached hydrogens (tertiary/aromatic N) is 2. The molecule has 0 radical (unpaired) electrons. The van der Waals surface area contributed by atoms with Crippen LogP contribution in [0.3, 0.4) is 0 Å². The van der Waals surface area contributed by atoms with Crippen molar-refractivity contribution in [2.24, 2.45) is 0 Å². The fraction of sp³-hybridized carbons (Fsp3) is 0.429. The molecule has 6 nitrogen and oxygen atoms in total. The zero-order valence-electron chi connectivity index (χ0n) is 27.7. The maximum absolute atomic E-state index is 10.8. The lowest BCUT2D eigenvalue weighted by Gasteiger charge is -2.18. The van der Waals surface area contributed by atoms with Crippen molar-refractivity contribution in [3.05, 3.63) is 90.1 Å². The number of aliphatic hydroxyl groups excluding tert-OH is 1. The first-order valence-electron chi connectivity index (χ1n) is 13.8. The largest absolute Gasteiger partial charge is 0.512 e. The molecule has 0 saturated heterocycles. The minimum Gasteiger partial charge on any atom is -0.512 e. The Balaban J connectivity index is 0.000000344. The van der Waals surface area contributed by atoms with E-state index in [0.717, 1.165) is 33.8 Å². The second kappa shape index (κ2) is 14.2. The molecule has 0 amide bonds. The minimum absolute atomic E-state index is 0.0787. The van der Waals surface area contributed by atoms with Gasteiger partial charge in [0.1, 0.15) is 0 Å². The average molecular weight is 561 g/mol. The van der Waals surface area contributed by atoms with E-state index >= 15 is 0 Å². The van der Waals surface area contributed by atoms with Crippen LogP contribution in [0.15, 0.2) is 17.4 Å². The number of carboxylic acid groups (broad SMARTS) is 1. The van der Waals surface area contributed by atoms with Gasteiger partial charge in [0, 0.05) is 22.5 Å². The number of ketones is 1. The molecule has 0 aliphatic heterocycles. The Labute approximate surface area is 246 Å². The summed E-state index contributed by atoms with van der Waals surface area (Å²) in [5, 5.41) is 17.5. The number of carboxylic acids is 1. The lowest BCUT2D eigenvalue weighted by Crippen LogP contribution is -2.08. The van der Waals surface area contributed by atoms with E-state index in [4.69, 9.17) is 15.2 Å². The van der Waals surface area contributed by atoms with Gasteiger partial charge in [0.15, 0.2) is 11.5 Å². The zero-order chi connectivity index (χ0) is 32.1. The third-order valence-electron chi connectivity index (χ3n) is 8.61. The summed E-state index contributed by atoms with van der Waals surface area (Å²) < 4.78 is 0. The SMILES string of the molecule is CC(=O)/C(C)=C(/C)O.Cc1cc(-c2nc(C)c(C)c(C)c2C)c(C)c(C)c1C.Cc1nc(C(=O)O)c(C)c(C)c1C. The summed E-state index contributed by atoms with van der Waals surface area (Å²) >= 11 is 0. The highest BCUT2D eigenvalue weighted by atomic mass is 16.4. The molecule has 222 valence electrons. The Morgan fingerprint density at radius 3 is 1.41 bits per heavy atom. The maximum atomic E-state index is 10.8. The number of benzene rings is 1. The number of Topliss-reactive ketones (excluding diaryl/α,β-unsaturated/α-hetero) is 1. The molecule has 0 aliphatic rings. The standard InChI is InChI=1S/C19H25N.C10H13NO2.C6H10O2/c1-10-9-18(15(6)12(3)11(10)2)19-16(7)13(4)14(5)17(8)20-19;1-5-6(2)8(4)11-9(7(5)3)10(12)13;1-4(5(2)7)6(3)8/h9H,1-8H3;1-4H3,(H,12,13);7H,1-3H3/b;;5-4-. The molecule has 0 atom stereocenters. The number of allylic oxidation sites excluding steroid dienone is 2. The number of aromatic carboxylic acids is 1. The molecule has 0 unspecified atom stereocenters. The second-order valence-corrected chi connectivity index (χ2v) is 11.0. The van der Waals surface area contributed by atoms with Gasteiger partial charge < -0.3 is 10.2 Å². The molecule has 6 heteroatoms. The highest BCUT2D eigenvalue weighted by Gasteiger charge is 2.16. The van der Waals surface area contributed by atoms with E-state index in [0.29, 0.717) is 5.57 Å². The number of aliphatic hydroxyl groups is 1. The summed E-state index contributed by atoms with van der Waals surface area (Å²) in [7, 11) is 0. The van der Waals surface area contributed by atoms with Crippen LogP contribution in [-0.4, -0.2) is 31.9 Å². The number of hydrogen-bond donors (Lipinski definition) is 2. The number of hydrogen-bond acceptors (Lipinski definition) is 5. The van der Waals surface area contributed by atoms with Gasteiger partial charge in [0.2, 0.25) is 0 Å². The molecule has 41 heavy (non-hydrogen) atoms. The summed E-state index contributed by atoms with van der Waals surface area (Å²) in [5.41, 5.74) is 17.3. The third-order valence-corrected chi connectivity index (χ3v) is 8.61. The van der Waals surface area contributed by atoms with Crippen LogP contribution in [0.1, 0.15) is 98.3 Å². The van der Waals surface area contributed by atoms with Crippen molar-refractivity contribution in [3.8, 4) is 11.3 Å². The Morgan fingerprint density at radius 1 is 0.561 bits per heavy atom. The van der Waals surface area contributed by atoms with Crippen molar-refractivity contribution >= 4 is 11.8 Å². The predicted molar refractivity (Wildman–Crippen MR) is 169 cm³/mol. The van der Waals surface area contributed by atoms with Crippen molar-refractivity contribution in [1.82, 2.24) is 9.97 Å². The van der Waals surface area contributed by atoms with Crippen molar-refractivity contribution in [2.45, 2.75) is 104 Å². The van der Waals surface area contributed by atoms with E-state index < -0.39 is 5.97 Å². The molecule has 3 rings (SSSR count). The lowest BCUT2D eigenvalue weighted by atomic mass is 9.90. The van der Waals surface area contributed by atoms with Gasteiger partial charge in [-0.1, -0.05) is 0 Å². The van der Waals surface area contributed by atoms with Gasteiger partial charge >= 0.3 is 5.97 Å². The number of carbonyl (C=O) groups is 2. The van der Waals surface area contributed by atoms with Crippen LogP contribution in [0.2, 0.25) is 0 Å². The fourth-order valence-corrected chi connectivity index (χ4v) is 4.31. The van der Waals surface area contributed by atoms with Gasteiger partial charge in [0.25, 0.3) is 0 Å². The number of pyridine rings is 2. The Bertz CT molecular complexity index is 1460. The van der Waals surface area contributed by atoms with Crippen LogP contribution >= 0.6 is 0 Å². The third kappa shape index (κ3) is 8.12. The average Bonchev–Trinajstić information content (AvgIpc) is 2.91. The van der Waals surface area contributed by atoms with E-state index in [1.54, 1.807) is 13.8 Å². The van der Waals surface area contributed by atoms with Gasteiger partial charge in [-0.2, -0.15) is 0 Å². The number of rotatable bonds is 3. The monoisotopic (exact) mass is 560 g/mol. The molecule has 3 aromatic rings. The summed E-state index contributed by atoms with van der Waals surface area (Å²) in [5.74, 6) is -0.925. The molecule has 0 spiro atoms. The Kier molecular flexibility index (Phi) is 12.2. The van der Waals surface area contributed by atoms with E-state index in [9.17, 15) is 9.59 Å². The topological polar surface area (TPSA) is 100 Å². The van der Waals surface area contributed by atoms with Crippen LogP contribution in [0.25, 0.3) is 11.3 Å². The van der Waals surface area contributed by atoms with Crippen molar-refractivity contribution in [3.63, 3.8) is 0 Å². The zero-order valence-corrected chi connectivity index (χ0v) is 27.7. The highest BCUT2D eigenvalue weighted by molar-refractivity contribution is 5.92. The van der Waals surface area contributed by atoms with Crippen molar-refractivity contribution in [1.29, 1.82) is 0 Å². The first-order chi connectivity index (χ1) is 18.8. The predicted octanol–water partition coefficient (Wildman–Crippen LogP) is 8.66. The summed E-state index contributed by atoms with van der Waals surface area (Å²) in [6.45, 7) is 29.5. The van der Waals surface area contributed by atoms with Crippen molar-refractivity contribution in [2.75, 3.05) is 0 Å². The molecular formula is C35H48N2O4. The molecule has 2 heterocycles. The molecule has 1 aromatic carbocycles. The van der Waals surface area contributed by atoms with Gasteiger partial charge in [-0.05, 0) is 166 Å². The molecule has 2 N–H and O–H groups in total. The van der Waals surface area contributed by atoms with Gasteiger partial charge in [-0.25, -0.2) is 9.78 Å². The van der Waals surface area contributed by atoms with E-state index in [2.05, 4.69) is 66.4 Å². The highest BCUT2D eigenvalue weighted by Crippen LogP contribution is 2.33. The number of aryl methyl sites for hydroxylation is 3. The normalized spacial score (nSPS) is 11.1. The first-order valence-corrected chi connectivity index (χ1v) is 13.8. The van der Waals surface area contributed by atoms with Gasteiger partial charge in [-0.3, -0.25) is 9.78 Å². The van der Waals surface area contributed by atoms with E-state index in [1.807, 2.05) is 20.8 Å². The molecule has 2 aromatic heterocycles. The maximum Gasteiger partial charge on any atom is 0.354 e. The number of aromatic nitrogens is 2. The van der Waals surface area contributed by atoms with Crippen LogP contribution in [-0.2, 0) is 4.79 Å². The molecular weight excluding hydrogens is 512 g/mol. The quantitative estimate of drug-likeness (QED) is 0.246. The molecule has 0 fully saturated rings. The molecule has 0 aliphatic carbocycles. The van der Waals surface area contributed by atoms with Gasteiger partial charge in [-0.15, -0.1) is 0 Å². The Hall–Kier alpha value is -3.80. The summed E-state index contributed by atoms with van der Waals surface area (Å²) in [6, 6.07) is 2.29. The lowest BCUT2D eigenvalue weighted by molar-refractivity contribution is -0.113. The van der Waals surface area contributed by atoms with Crippen LogP contribution < -0.4 is 0 Å². The van der Waals surface area contributed by atoms with Gasteiger partial charge in [0.05, 0.1) is 11.5 Å². The van der Waals surface area contributed by atoms with Crippen LogP contribution in [0.5, 0.6) is 0 Å². The van der Waals surface area contributed by atoms with Crippen LogP contribution in [0.4, 0.5) is 0 Å².